The van der Waals surface area contributed by atoms with Crippen molar-refractivity contribution < 1.29 is 9.53 Å². The van der Waals surface area contributed by atoms with Gasteiger partial charge in [0, 0.05) is 22.3 Å². The molecule has 0 saturated carbocycles. The molecule has 0 amide bonds. The Hall–Kier alpha value is -1.000. The van der Waals surface area contributed by atoms with Gasteiger partial charge in [-0.3, -0.25) is 0 Å². The summed E-state index contributed by atoms with van der Waals surface area (Å²) in [7, 11) is 1.27. The first kappa shape index (κ1) is 15.4. The van der Waals surface area contributed by atoms with Gasteiger partial charge in [-0.2, -0.15) is 0 Å². The number of pyridine rings is 1. The molecule has 1 heterocycles. The number of carbonyl (C=O) groups is 1. The molecule has 2 aromatic rings. The standard InChI is InChI=1S/C13H7Cl4NO2/c1-20-13(19)8-4-11(16)18-5-9(8)7-2-6(14)3-10(15)12(7)17/h2-5H,1H3. The number of carbonyl (C=O) groups excluding carboxylic acids is 1. The topological polar surface area (TPSA) is 39.2 Å². The molecule has 7 heteroatoms. The normalized spacial score (nSPS) is 10.4. The van der Waals surface area contributed by atoms with Gasteiger partial charge < -0.3 is 4.74 Å². The molecule has 0 N–H and O–H groups in total. The van der Waals surface area contributed by atoms with E-state index in [1.165, 1.54) is 25.4 Å². The molecule has 1 aromatic carbocycles. The van der Waals surface area contributed by atoms with Crippen LogP contribution in [-0.4, -0.2) is 18.1 Å². The fraction of sp³-hybridized carbons (Fsp3) is 0.0769. The second-order valence-corrected chi connectivity index (χ2v) is 5.40. The van der Waals surface area contributed by atoms with E-state index in [2.05, 4.69) is 4.98 Å². The van der Waals surface area contributed by atoms with Crippen molar-refractivity contribution in [2.24, 2.45) is 0 Å². The number of hydrogen-bond donors (Lipinski definition) is 0. The SMILES string of the molecule is COC(=O)c1cc(Cl)ncc1-c1cc(Cl)cc(Cl)c1Cl. The van der Waals surface area contributed by atoms with Gasteiger partial charge in [-0.25, -0.2) is 9.78 Å². The van der Waals surface area contributed by atoms with E-state index >= 15 is 0 Å². The van der Waals surface area contributed by atoms with Gasteiger partial charge in [-0.05, 0) is 18.2 Å². The smallest absolute Gasteiger partial charge is 0.338 e. The molecule has 0 saturated heterocycles. The van der Waals surface area contributed by atoms with Crippen molar-refractivity contribution in [1.82, 2.24) is 4.98 Å². The Morgan fingerprint density at radius 2 is 1.80 bits per heavy atom. The van der Waals surface area contributed by atoms with Crippen LogP contribution in [0.5, 0.6) is 0 Å². The number of hydrogen-bond acceptors (Lipinski definition) is 3. The lowest BCUT2D eigenvalue weighted by atomic mass is 10.0. The van der Waals surface area contributed by atoms with Crippen molar-refractivity contribution >= 4 is 52.4 Å². The van der Waals surface area contributed by atoms with Crippen LogP contribution < -0.4 is 0 Å². The van der Waals surface area contributed by atoms with Gasteiger partial charge in [-0.15, -0.1) is 0 Å². The third-order valence-electron chi connectivity index (χ3n) is 2.56. The van der Waals surface area contributed by atoms with Crippen molar-refractivity contribution in [3.05, 3.63) is 50.2 Å². The van der Waals surface area contributed by atoms with Crippen LogP contribution in [0.3, 0.4) is 0 Å². The quantitative estimate of drug-likeness (QED) is 0.427. The minimum atomic E-state index is -0.559. The first-order valence-corrected chi connectivity index (χ1v) is 6.84. The third kappa shape index (κ3) is 3.01. The van der Waals surface area contributed by atoms with E-state index in [1.54, 1.807) is 6.07 Å². The van der Waals surface area contributed by atoms with Crippen molar-refractivity contribution in [2.45, 2.75) is 0 Å². The van der Waals surface area contributed by atoms with Crippen LogP contribution in [0.2, 0.25) is 20.2 Å². The van der Waals surface area contributed by atoms with Gasteiger partial charge in [0.25, 0.3) is 0 Å². The summed E-state index contributed by atoms with van der Waals surface area (Å²) < 4.78 is 4.72. The number of nitrogens with zero attached hydrogens (tertiary/aromatic N) is 1. The Labute approximate surface area is 135 Å². The molecule has 0 atom stereocenters. The van der Waals surface area contributed by atoms with E-state index in [0.29, 0.717) is 16.1 Å². The zero-order valence-corrected chi connectivity index (χ0v) is 13.1. The lowest BCUT2D eigenvalue weighted by Crippen LogP contribution is -2.04. The second-order valence-electron chi connectivity index (χ2n) is 3.79. The maximum absolute atomic E-state index is 11.8. The fourth-order valence-electron chi connectivity index (χ4n) is 1.68. The highest BCUT2D eigenvalue weighted by Gasteiger charge is 2.18. The maximum Gasteiger partial charge on any atom is 0.338 e. The van der Waals surface area contributed by atoms with Crippen molar-refractivity contribution in [1.29, 1.82) is 0 Å². The summed E-state index contributed by atoms with van der Waals surface area (Å²) in [6.45, 7) is 0. The summed E-state index contributed by atoms with van der Waals surface area (Å²) in [6, 6.07) is 4.50. The lowest BCUT2D eigenvalue weighted by Gasteiger charge is -2.11. The van der Waals surface area contributed by atoms with Gasteiger partial charge in [0.15, 0.2) is 0 Å². The third-order valence-corrected chi connectivity index (χ3v) is 3.79. The molecule has 1 aromatic heterocycles. The zero-order chi connectivity index (χ0) is 14.9. The first-order valence-electron chi connectivity index (χ1n) is 5.32. The highest BCUT2D eigenvalue weighted by molar-refractivity contribution is 6.45. The fourth-order valence-corrected chi connectivity index (χ4v) is 2.54. The summed E-state index contributed by atoms with van der Waals surface area (Å²) in [5.74, 6) is -0.559. The summed E-state index contributed by atoms with van der Waals surface area (Å²) in [4.78, 5) is 15.8. The van der Waals surface area contributed by atoms with E-state index in [1.807, 2.05) is 0 Å². The summed E-state index contributed by atoms with van der Waals surface area (Å²) in [5.41, 5.74) is 1.15. The number of methoxy groups -OCH3 is 1. The minimum absolute atomic E-state index is 0.165. The van der Waals surface area contributed by atoms with E-state index in [9.17, 15) is 4.79 Å². The lowest BCUT2D eigenvalue weighted by molar-refractivity contribution is 0.0601. The Bertz CT molecular complexity index is 688. The molecule has 0 radical (unpaired) electrons. The van der Waals surface area contributed by atoms with Crippen LogP contribution in [0.1, 0.15) is 10.4 Å². The Balaban J connectivity index is 2.73. The molecule has 3 nitrogen and oxygen atoms in total. The van der Waals surface area contributed by atoms with Crippen molar-refractivity contribution in [2.75, 3.05) is 7.11 Å². The molecule has 0 fully saturated rings. The van der Waals surface area contributed by atoms with E-state index < -0.39 is 5.97 Å². The molecule has 104 valence electrons. The monoisotopic (exact) mass is 349 g/mol. The molecular weight excluding hydrogens is 344 g/mol. The summed E-state index contributed by atoms with van der Waals surface area (Å²) >= 11 is 23.9. The van der Waals surface area contributed by atoms with Gasteiger partial charge in [-0.1, -0.05) is 46.4 Å². The molecule has 0 unspecified atom stereocenters. The largest absolute Gasteiger partial charge is 0.465 e. The molecule has 20 heavy (non-hydrogen) atoms. The maximum atomic E-state index is 11.8. The molecule has 0 aliphatic carbocycles. The predicted octanol–water partition coefficient (Wildman–Crippen LogP) is 5.15. The zero-order valence-electron chi connectivity index (χ0n) is 10.1. The second kappa shape index (κ2) is 6.19. The molecule has 0 spiro atoms. The summed E-state index contributed by atoms with van der Waals surface area (Å²) in [5, 5.41) is 1.10. The number of rotatable bonds is 2. The van der Waals surface area contributed by atoms with Crippen LogP contribution in [-0.2, 0) is 4.74 Å². The predicted molar refractivity (Wildman–Crippen MR) is 81.1 cm³/mol. The Morgan fingerprint density at radius 3 is 2.45 bits per heavy atom. The summed E-state index contributed by atoms with van der Waals surface area (Å²) in [6.07, 6.45) is 1.42. The molecule has 0 bridgehead atoms. The highest BCUT2D eigenvalue weighted by atomic mass is 35.5. The molecular formula is C13H7Cl4NO2. The number of esters is 1. The van der Waals surface area contributed by atoms with Gasteiger partial charge in [0.2, 0.25) is 0 Å². The minimum Gasteiger partial charge on any atom is -0.465 e. The molecule has 2 rings (SSSR count). The van der Waals surface area contributed by atoms with E-state index in [4.69, 9.17) is 51.1 Å². The van der Waals surface area contributed by atoms with Crippen LogP contribution in [0.15, 0.2) is 24.4 Å². The number of halogens is 4. The molecule has 0 aliphatic rings. The van der Waals surface area contributed by atoms with Crippen LogP contribution in [0.4, 0.5) is 0 Å². The average molecular weight is 351 g/mol. The molecule has 0 aliphatic heterocycles. The first-order chi connectivity index (χ1) is 9.43. The Kier molecular flexibility index (Phi) is 4.76. The van der Waals surface area contributed by atoms with E-state index in [-0.39, 0.29) is 20.8 Å². The van der Waals surface area contributed by atoms with Crippen LogP contribution in [0.25, 0.3) is 11.1 Å². The van der Waals surface area contributed by atoms with Gasteiger partial charge >= 0.3 is 5.97 Å². The van der Waals surface area contributed by atoms with Crippen molar-refractivity contribution in [3.63, 3.8) is 0 Å². The number of aromatic nitrogens is 1. The number of ether oxygens (including phenoxy) is 1. The van der Waals surface area contributed by atoms with Gasteiger partial charge in [0.1, 0.15) is 5.15 Å². The highest BCUT2D eigenvalue weighted by Crippen LogP contribution is 2.38. The van der Waals surface area contributed by atoms with Crippen LogP contribution in [0, 0.1) is 0 Å². The van der Waals surface area contributed by atoms with Crippen LogP contribution >= 0.6 is 46.4 Å². The van der Waals surface area contributed by atoms with Gasteiger partial charge in [0.05, 0.1) is 22.7 Å². The Morgan fingerprint density at radius 1 is 1.10 bits per heavy atom. The van der Waals surface area contributed by atoms with E-state index in [0.717, 1.165) is 0 Å². The average Bonchev–Trinajstić information content (AvgIpc) is 2.42. The number of benzene rings is 1. The van der Waals surface area contributed by atoms with Crippen molar-refractivity contribution in [3.8, 4) is 11.1 Å².